The number of benzene rings is 1. The number of carboxylic acid groups (broad SMARTS) is 1. The molecule has 104 valence electrons. The summed E-state index contributed by atoms with van der Waals surface area (Å²) in [5, 5.41) is 11.8. The van der Waals surface area contributed by atoms with Crippen LogP contribution < -0.4 is 5.32 Å². The first-order valence-electron chi connectivity index (χ1n) is 6.49. The quantitative estimate of drug-likeness (QED) is 0.816. The summed E-state index contributed by atoms with van der Waals surface area (Å²) in [6.45, 7) is 9.77. The van der Waals surface area contributed by atoms with Crippen LogP contribution in [0.3, 0.4) is 0 Å². The molecule has 0 fully saturated rings. The zero-order valence-electron chi connectivity index (χ0n) is 12.1. The van der Waals surface area contributed by atoms with Crippen LogP contribution in [0.1, 0.15) is 55.6 Å². The van der Waals surface area contributed by atoms with Crippen LogP contribution in [-0.4, -0.2) is 17.0 Å². The minimum atomic E-state index is -1.01. The van der Waals surface area contributed by atoms with E-state index in [0.29, 0.717) is 12.1 Å². The summed E-state index contributed by atoms with van der Waals surface area (Å²) in [6.07, 6.45) is 0.377. The maximum atomic E-state index is 11.6. The monoisotopic (exact) mass is 263 g/mol. The van der Waals surface area contributed by atoms with Crippen molar-refractivity contribution < 1.29 is 14.7 Å². The summed E-state index contributed by atoms with van der Waals surface area (Å²) in [6, 6.07) is 3.53. The molecule has 2 N–H and O–H groups in total. The molecule has 0 atom stereocenters. The third-order valence-corrected chi connectivity index (χ3v) is 3.11. The molecule has 0 aromatic heterocycles. The molecule has 1 aromatic carbocycles. The fourth-order valence-corrected chi connectivity index (χ4v) is 2.30. The molecule has 1 heterocycles. The second kappa shape index (κ2) is 5.43. The SMILES string of the molecule is CC.Cc1cc(C(=O)O)c2c(c1)C(C)(C)CC(=O)N2. The number of aromatic carboxylic acids is 1. The predicted molar refractivity (Wildman–Crippen MR) is 75.8 cm³/mol. The number of aryl methyl sites for hydroxylation is 1. The molecule has 0 bridgehead atoms. The first-order chi connectivity index (χ1) is 8.81. The number of fused-ring (bicyclic) bond motifs is 1. The lowest BCUT2D eigenvalue weighted by atomic mass is 9.76. The van der Waals surface area contributed by atoms with Crippen LogP contribution in [0.15, 0.2) is 12.1 Å². The summed E-state index contributed by atoms with van der Waals surface area (Å²) >= 11 is 0. The summed E-state index contributed by atoms with van der Waals surface area (Å²) in [7, 11) is 0. The number of hydrogen-bond acceptors (Lipinski definition) is 2. The molecule has 1 aromatic rings. The van der Waals surface area contributed by atoms with Crippen LogP contribution in [-0.2, 0) is 10.2 Å². The Morgan fingerprint density at radius 3 is 2.42 bits per heavy atom. The van der Waals surface area contributed by atoms with Crippen molar-refractivity contribution in [3.63, 3.8) is 0 Å². The largest absolute Gasteiger partial charge is 0.478 e. The van der Waals surface area contributed by atoms with Gasteiger partial charge in [-0.3, -0.25) is 4.79 Å². The van der Waals surface area contributed by atoms with Gasteiger partial charge in [-0.05, 0) is 24.1 Å². The molecule has 0 saturated heterocycles. The zero-order valence-corrected chi connectivity index (χ0v) is 12.1. The van der Waals surface area contributed by atoms with Gasteiger partial charge >= 0.3 is 5.97 Å². The van der Waals surface area contributed by atoms with E-state index < -0.39 is 5.97 Å². The van der Waals surface area contributed by atoms with Gasteiger partial charge in [-0.25, -0.2) is 4.79 Å². The Balaban J connectivity index is 0.000000861. The summed E-state index contributed by atoms with van der Waals surface area (Å²) in [5.41, 5.74) is 2.08. The highest BCUT2D eigenvalue weighted by atomic mass is 16.4. The zero-order chi connectivity index (χ0) is 14.8. The minimum Gasteiger partial charge on any atom is -0.478 e. The predicted octanol–water partition coefficient (Wildman–Crippen LogP) is 3.34. The Kier molecular flexibility index (Phi) is 4.35. The van der Waals surface area contributed by atoms with E-state index in [2.05, 4.69) is 5.32 Å². The van der Waals surface area contributed by atoms with Crippen molar-refractivity contribution in [2.75, 3.05) is 5.32 Å². The molecule has 2 rings (SSSR count). The van der Waals surface area contributed by atoms with E-state index in [-0.39, 0.29) is 16.9 Å². The van der Waals surface area contributed by atoms with Crippen LogP contribution in [0.25, 0.3) is 0 Å². The van der Waals surface area contributed by atoms with Gasteiger partial charge in [0.2, 0.25) is 5.91 Å². The van der Waals surface area contributed by atoms with Crippen molar-refractivity contribution in [1.82, 2.24) is 0 Å². The Bertz CT molecular complexity index is 518. The van der Waals surface area contributed by atoms with E-state index >= 15 is 0 Å². The van der Waals surface area contributed by atoms with Gasteiger partial charge in [-0.2, -0.15) is 0 Å². The lowest BCUT2D eigenvalue weighted by Gasteiger charge is -2.33. The lowest BCUT2D eigenvalue weighted by molar-refractivity contribution is -0.117. The van der Waals surface area contributed by atoms with E-state index in [9.17, 15) is 14.7 Å². The summed E-state index contributed by atoms with van der Waals surface area (Å²) in [4.78, 5) is 22.8. The maximum absolute atomic E-state index is 11.6. The third-order valence-electron chi connectivity index (χ3n) is 3.11. The molecule has 4 nitrogen and oxygen atoms in total. The van der Waals surface area contributed by atoms with Gasteiger partial charge in [0.05, 0.1) is 11.3 Å². The molecule has 4 heteroatoms. The molecule has 0 aliphatic carbocycles. The topological polar surface area (TPSA) is 66.4 Å². The van der Waals surface area contributed by atoms with Crippen LogP contribution in [0, 0.1) is 6.92 Å². The van der Waals surface area contributed by atoms with Crippen LogP contribution in [0.4, 0.5) is 5.69 Å². The van der Waals surface area contributed by atoms with Crippen LogP contribution in [0.5, 0.6) is 0 Å². The molecule has 1 amide bonds. The van der Waals surface area contributed by atoms with E-state index in [1.807, 2.05) is 40.7 Å². The van der Waals surface area contributed by atoms with Crippen molar-refractivity contribution >= 4 is 17.6 Å². The third kappa shape index (κ3) is 2.95. The second-order valence-corrected chi connectivity index (χ2v) is 5.15. The van der Waals surface area contributed by atoms with E-state index in [4.69, 9.17) is 0 Å². The summed E-state index contributed by atoms with van der Waals surface area (Å²) < 4.78 is 0. The second-order valence-electron chi connectivity index (χ2n) is 5.15. The standard InChI is InChI=1S/C13H15NO3.C2H6/c1-7-4-8(12(16)17)11-9(5-7)13(2,3)6-10(15)14-11;1-2/h4-5H,6H2,1-3H3,(H,14,15)(H,16,17);1-2H3. The van der Waals surface area contributed by atoms with Gasteiger partial charge in [0.15, 0.2) is 0 Å². The van der Waals surface area contributed by atoms with E-state index in [0.717, 1.165) is 11.1 Å². The van der Waals surface area contributed by atoms with Gasteiger partial charge in [0, 0.05) is 11.8 Å². The number of rotatable bonds is 1. The highest BCUT2D eigenvalue weighted by Crippen LogP contribution is 2.39. The number of hydrogen-bond donors (Lipinski definition) is 2. The maximum Gasteiger partial charge on any atom is 0.337 e. The number of carbonyl (C=O) groups excluding carboxylic acids is 1. The normalized spacial score (nSPS) is 15.7. The fourth-order valence-electron chi connectivity index (χ4n) is 2.30. The average molecular weight is 263 g/mol. The summed E-state index contributed by atoms with van der Waals surface area (Å²) in [5.74, 6) is -1.14. The molecule has 19 heavy (non-hydrogen) atoms. The molecule has 0 radical (unpaired) electrons. The minimum absolute atomic E-state index is 0.131. The Morgan fingerprint density at radius 2 is 1.89 bits per heavy atom. The smallest absolute Gasteiger partial charge is 0.337 e. The number of amides is 1. The van der Waals surface area contributed by atoms with Gasteiger partial charge in [0.1, 0.15) is 0 Å². The van der Waals surface area contributed by atoms with Gasteiger partial charge in [0.25, 0.3) is 0 Å². The van der Waals surface area contributed by atoms with Gasteiger partial charge in [-0.15, -0.1) is 0 Å². The molecular weight excluding hydrogens is 242 g/mol. The van der Waals surface area contributed by atoms with E-state index in [1.165, 1.54) is 0 Å². The fraction of sp³-hybridized carbons (Fsp3) is 0.467. The van der Waals surface area contributed by atoms with Crippen molar-refractivity contribution in [2.45, 2.75) is 46.5 Å². The van der Waals surface area contributed by atoms with Crippen molar-refractivity contribution in [3.05, 3.63) is 28.8 Å². The lowest BCUT2D eigenvalue weighted by Crippen LogP contribution is -2.33. The number of carboxylic acids is 1. The Morgan fingerprint density at radius 1 is 1.32 bits per heavy atom. The molecule has 0 saturated carbocycles. The highest BCUT2D eigenvalue weighted by molar-refractivity contribution is 6.04. The van der Waals surface area contributed by atoms with E-state index in [1.54, 1.807) is 6.07 Å². The van der Waals surface area contributed by atoms with Crippen molar-refractivity contribution in [2.24, 2.45) is 0 Å². The van der Waals surface area contributed by atoms with Gasteiger partial charge < -0.3 is 10.4 Å². The van der Waals surface area contributed by atoms with Gasteiger partial charge in [-0.1, -0.05) is 33.8 Å². The molecule has 0 spiro atoms. The van der Waals surface area contributed by atoms with Crippen molar-refractivity contribution in [1.29, 1.82) is 0 Å². The number of anilines is 1. The molecule has 1 aliphatic heterocycles. The first kappa shape index (κ1) is 15.2. The Hall–Kier alpha value is -1.84. The Labute approximate surface area is 113 Å². The van der Waals surface area contributed by atoms with Crippen LogP contribution >= 0.6 is 0 Å². The number of carbonyl (C=O) groups is 2. The number of nitrogens with one attached hydrogen (secondary N) is 1. The van der Waals surface area contributed by atoms with Crippen LogP contribution in [0.2, 0.25) is 0 Å². The highest BCUT2D eigenvalue weighted by Gasteiger charge is 2.34. The van der Waals surface area contributed by atoms with Crippen molar-refractivity contribution in [3.8, 4) is 0 Å². The molecule has 0 unspecified atom stereocenters. The average Bonchev–Trinajstić information content (AvgIpc) is 2.31. The molecule has 1 aliphatic rings. The molecular formula is C15H21NO3. The first-order valence-corrected chi connectivity index (χ1v) is 6.49.